The minimum absolute atomic E-state index is 0.111. The van der Waals surface area contributed by atoms with E-state index in [0.717, 1.165) is 31.2 Å². The van der Waals surface area contributed by atoms with Crippen molar-refractivity contribution < 1.29 is 13.2 Å². The van der Waals surface area contributed by atoms with Crippen LogP contribution in [0.2, 0.25) is 0 Å². The van der Waals surface area contributed by atoms with Gasteiger partial charge in [-0.3, -0.25) is 4.79 Å². The van der Waals surface area contributed by atoms with E-state index < -0.39 is 10.0 Å². The lowest BCUT2D eigenvalue weighted by Gasteiger charge is -2.20. The first-order chi connectivity index (χ1) is 12.6. The van der Waals surface area contributed by atoms with Crippen molar-refractivity contribution in [2.45, 2.75) is 43.4 Å². The van der Waals surface area contributed by atoms with Crippen molar-refractivity contribution in [1.29, 1.82) is 0 Å². The Morgan fingerprint density at radius 3 is 2.58 bits per heavy atom. The van der Waals surface area contributed by atoms with E-state index in [1.165, 1.54) is 0 Å². The second kappa shape index (κ2) is 8.79. The molecule has 3 rings (SSSR count). The third-order valence-electron chi connectivity index (χ3n) is 4.54. The number of anilines is 1. The molecule has 140 valence electrons. The summed E-state index contributed by atoms with van der Waals surface area (Å²) in [7, 11) is -3.51. The molecule has 1 aromatic carbocycles. The molecule has 0 unspecified atom stereocenters. The number of carbonyl (C=O) groups excluding carboxylic acids is 1. The average Bonchev–Trinajstić information content (AvgIpc) is 2.99. The molecule has 2 heterocycles. The highest BCUT2D eigenvalue weighted by Gasteiger charge is 2.25. The zero-order valence-corrected chi connectivity index (χ0v) is 16.3. The van der Waals surface area contributed by atoms with Crippen molar-refractivity contribution in [3.8, 4) is 0 Å². The molecule has 0 bridgehead atoms. The molecule has 0 aliphatic carbocycles. The molecule has 0 radical (unpaired) electrons. The lowest BCUT2D eigenvalue weighted by molar-refractivity contribution is -0.116. The summed E-state index contributed by atoms with van der Waals surface area (Å²) in [6.45, 7) is 1.14. The van der Waals surface area contributed by atoms with E-state index in [9.17, 15) is 13.2 Å². The van der Waals surface area contributed by atoms with E-state index in [-0.39, 0.29) is 10.8 Å². The van der Waals surface area contributed by atoms with Crippen LogP contribution in [0.5, 0.6) is 0 Å². The summed E-state index contributed by atoms with van der Waals surface area (Å²) in [6, 6.07) is 8.57. The first-order valence-electron chi connectivity index (χ1n) is 8.97. The summed E-state index contributed by atoms with van der Waals surface area (Å²) in [6.07, 6.45) is 5.01. The quantitative estimate of drug-likeness (QED) is 0.811. The summed E-state index contributed by atoms with van der Waals surface area (Å²) in [5, 5.41) is 6.83. The Balaban J connectivity index is 1.66. The van der Waals surface area contributed by atoms with Crippen LogP contribution < -0.4 is 5.32 Å². The van der Waals surface area contributed by atoms with Crippen molar-refractivity contribution in [3.05, 3.63) is 46.7 Å². The van der Waals surface area contributed by atoms with Gasteiger partial charge in [0.1, 0.15) is 0 Å². The third kappa shape index (κ3) is 4.93. The van der Waals surface area contributed by atoms with Gasteiger partial charge in [-0.05, 0) is 59.9 Å². The number of carbonyl (C=O) groups is 1. The number of hydrogen-bond donors (Lipinski definition) is 1. The van der Waals surface area contributed by atoms with E-state index in [1.807, 2.05) is 16.8 Å². The molecule has 1 saturated heterocycles. The SMILES string of the molecule is O=C(CCc1ccsc1)Nc1cccc(S(=O)(=O)N2CCCCCC2)c1. The molecule has 1 N–H and O–H groups in total. The first kappa shape index (κ1) is 19.1. The number of aryl methyl sites for hydroxylation is 1. The van der Waals surface area contributed by atoms with Gasteiger partial charge < -0.3 is 5.32 Å². The Kier molecular flexibility index (Phi) is 6.45. The van der Waals surface area contributed by atoms with Crippen LogP contribution in [0.3, 0.4) is 0 Å². The molecule has 26 heavy (non-hydrogen) atoms. The lowest BCUT2D eigenvalue weighted by atomic mass is 10.2. The lowest BCUT2D eigenvalue weighted by Crippen LogP contribution is -2.32. The smallest absolute Gasteiger partial charge is 0.243 e. The summed E-state index contributed by atoms with van der Waals surface area (Å²) < 4.78 is 27.3. The van der Waals surface area contributed by atoms with Crippen molar-refractivity contribution in [2.24, 2.45) is 0 Å². The number of nitrogens with zero attached hydrogens (tertiary/aromatic N) is 1. The Hall–Kier alpha value is -1.70. The molecular weight excluding hydrogens is 368 g/mol. The monoisotopic (exact) mass is 392 g/mol. The predicted octanol–water partition coefficient (Wildman–Crippen LogP) is 3.88. The van der Waals surface area contributed by atoms with Crippen LogP contribution in [-0.2, 0) is 21.2 Å². The van der Waals surface area contributed by atoms with E-state index in [4.69, 9.17) is 0 Å². The van der Waals surface area contributed by atoms with Gasteiger partial charge in [-0.1, -0.05) is 18.9 Å². The average molecular weight is 393 g/mol. The molecule has 0 atom stereocenters. The summed E-state index contributed by atoms with van der Waals surface area (Å²) in [5.74, 6) is -0.111. The van der Waals surface area contributed by atoms with E-state index >= 15 is 0 Å². The summed E-state index contributed by atoms with van der Waals surface area (Å²) in [5.41, 5.74) is 1.67. The van der Waals surface area contributed by atoms with Crippen molar-refractivity contribution in [2.75, 3.05) is 18.4 Å². The zero-order valence-electron chi connectivity index (χ0n) is 14.7. The molecule has 1 aliphatic heterocycles. The number of sulfonamides is 1. The minimum Gasteiger partial charge on any atom is -0.326 e. The summed E-state index contributed by atoms with van der Waals surface area (Å²) >= 11 is 1.61. The fraction of sp³-hybridized carbons (Fsp3) is 0.421. The van der Waals surface area contributed by atoms with Gasteiger partial charge in [-0.2, -0.15) is 15.6 Å². The maximum atomic E-state index is 12.9. The van der Waals surface area contributed by atoms with Crippen molar-refractivity contribution in [3.63, 3.8) is 0 Å². The maximum Gasteiger partial charge on any atom is 0.243 e. The fourth-order valence-electron chi connectivity index (χ4n) is 3.08. The predicted molar refractivity (Wildman–Crippen MR) is 105 cm³/mol. The van der Waals surface area contributed by atoms with Gasteiger partial charge in [0.25, 0.3) is 0 Å². The second-order valence-electron chi connectivity index (χ2n) is 6.53. The largest absolute Gasteiger partial charge is 0.326 e. The van der Waals surface area contributed by atoms with E-state index in [0.29, 0.717) is 31.6 Å². The van der Waals surface area contributed by atoms with Crippen molar-refractivity contribution in [1.82, 2.24) is 4.31 Å². The first-order valence-corrected chi connectivity index (χ1v) is 11.4. The molecular formula is C19H24N2O3S2. The summed E-state index contributed by atoms with van der Waals surface area (Å²) in [4.78, 5) is 12.4. The number of nitrogens with one attached hydrogen (secondary N) is 1. The highest BCUT2D eigenvalue weighted by Crippen LogP contribution is 2.23. The Morgan fingerprint density at radius 1 is 1.12 bits per heavy atom. The molecule has 7 heteroatoms. The van der Waals surface area contributed by atoms with Crippen LogP contribution >= 0.6 is 11.3 Å². The Bertz CT molecular complexity index is 824. The molecule has 1 fully saturated rings. The Labute approximate surface area is 159 Å². The third-order valence-corrected chi connectivity index (χ3v) is 7.17. The highest BCUT2D eigenvalue weighted by molar-refractivity contribution is 7.89. The molecule has 1 aliphatic rings. The standard InChI is InChI=1S/C19H24N2O3S2/c22-19(9-8-16-10-13-25-15-16)20-17-6-5-7-18(14-17)26(23,24)21-11-3-1-2-4-12-21/h5-7,10,13-15H,1-4,8-9,11-12H2,(H,20,22). The van der Waals surface area contributed by atoms with Gasteiger partial charge in [0, 0.05) is 25.2 Å². The van der Waals surface area contributed by atoms with Crippen LogP contribution in [0, 0.1) is 0 Å². The molecule has 0 spiro atoms. The van der Waals surface area contributed by atoms with E-state index in [2.05, 4.69) is 5.32 Å². The number of rotatable bonds is 6. The number of hydrogen-bond acceptors (Lipinski definition) is 4. The maximum absolute atomic E-state index is 12.9. The van der Waals surface area contributed by atoms with Gasteiger partial charge in [0.15, 0.2) is 0 Å². The van der Waals surface area contributed by atoms with Gasteiger partial charge in [-0.25, -0.2) is 8.42 Å². The fourth-order valence-corrected chi connectivity index (χ4v) is 5.35. The van der Waals surface area contributed by atoms with E-state index in [1.54, 1.807) is 39.9 Å². The minimum atomic E-state index is -3.51. The van der Waals surface area contributed by atoms with Gasteiger partial charge in [0.05, 0.1) is 4.90 Å². The number of amides is 1. The highest BCUT2D eigenvalue weighted by atomic mass is 32.2. The second-order valence-corrected chi connectivity index (χ2v) is 9.24. The van der Waals surface area contributed by atoms with Crippen LogP contribution in [0.1, 0.15) is 37.7 Å². The van der Waals surface area contributed by atoms with Crippen molar-refractivity contribution >= 4 is 33.0 Å². The normalized spacial score (nSPS) is 16.2. The molecule has 1 amide bonds. The van der Waals surface area contributed by atoms with Crippen LogP contribution in [0.15, 0.2) is 46.0 Å². The molecule has 2 aromatic rings. The topological polar surface area (TPSA) is 66.5 Å². The van der Waals surface area contributed by atoms with Crippen LogP contribution in [0.25, 0.3) is 0 Å². The van der Waals surface area contributed by atoms with Crippen LogP contribution in [0.4, 0.5) is 5.69 Å². The number of thiophene rings is 1. The number of benzene rings is 1. The van der Waals surface area contributed by atoms with Gasteiger partial charge in [0.2, 0.25) is 15.9 Å². The molecule has 5 nitrogen and oxygen atoms in total. The van der Waals surface area contributed by atoms with Crippen LogP contribution in [-0.4, -0.2) is 31.7 Å². The van der Waals surface area contributed by atoms with Gasteiger partial charge in [-0.15, -0.1) is 0 Å². The Morgan fingerprint density at radius 2 is 1.88 bits per heavy atom. The zero-order chi connectivity index (χ0) is 18.4. The molecule has 1 aromatic heterocycles. The van der Waals surface area contributed by atoms with Gasteiger partial charge >= 0.3 is 0 Å². The molecule has 0 saturated carbocycles.